The monoisotopic (exact) mass is 263 g/mol. The van der Waals surface area contributed by atoms with Crippen molar-refractivity contribution in [2.75, 3.05) is 11.9 Å². The van der Waals surface area contributed by atoms with E-state index in [1.165, 1.54) is 5.56 Å². The molecule has 0 amide bonds. The number of nitrogens with one attached hydrogen (secondary N) is 2. The van der Waals surface area contributed by atoms with Gasteiger partial charge in [0.25, 0.3) is 5.69 Å². The summed E-state index contributed by atoms with van der Waals surface area (Å²) in [7, 11) is 0. The van der Waals surface area contributed by atoms with Crippen molar-refractivity contribution in [3.05, 3.63) is 33.4 Å². The average Bonchev–Trinajstić information content (AvgIpc) is 2.35. The van der Waals surface area contributed by atoms with Gasteiger partial charge in [-0.1, -0.05) is 13.8 Å². The Hall–Kier alpha value is -1.62. The molecule has 0 unspecified atom stereocenters. The minimum Gasteiger partial charge on any atom is -0.381 e. The minimum atomic E-state index is -0.312. The maximum absolute atomic E-state index is 11.0. The molecule has 5 heteroatoms. The van der Waals surface area contributed by atoms with Gasteiger partial charge in [0.2, 0.25) is 0 Å². The standard InChI is InChI=1S/C14H21N3O2/c1-9(2)15-8-12-5-4-11-6-10(3)14(17(18)19)7-13(11)16-12/h6-7,9,12,15-16H,4-5,8H2,1-3H3/t12-/m1/s1. The first-order valence-corrected chi connectivity index (χ1v) is 6.75. The summed E-state index contributed by atoms with van der Waals surface area (Å²) in [5.41, 5.74) is 3.04. The molecule has 0 aliphatic carbocycles. The van der Waals surface area contributed by atoms with E-state index in [4.69, 9.17) is 0 Å². The van der Waals surface area contributed by atoms with E-state index in [1.54, 1.807) is 13.0 Å². The van der Waals surface area contributed by atoms with Crippen molar-refractivity contribution in [1.29, 1.82) is 0 Å². The predicted octanol–water partition coefficient (Wildman–Crippen LogP) is 2.63. The van der Waals surface area contributed by atoms with Crippen molar-refractivity contribution in [2.24, 2.45) is 0 Å². The zero-order chi connectivity index (χ0) is 14.0. The second-order valence-corrected chi connectivity index (χ2v) is 5.50. The minimum absolute atomic E-state index is 0.198. The Morgan fingerprint density at radius 2 is 2.26 bits per heavy atom. The Kier molecular flexibility index (Phi) is 4.04. The van der Waals surface area contributed by atoms with E-state index in [9.17, 15) is 10.1 Å². The predicted molar refractivity (Wildman–Crippen MR) is 76.7 cm³/mol. The Morgan fingerprint density at radius 1 is 1.53 bits per heavy atom. The summed E-state index contributed by atoms with van der Waals surface area (Å²) in [6.45, 7) is 6.92. The molecule has 0 saturated heterocycles. The van der Waals surface area contributed by atoms with E-state index in [0.717, 1.165) is 30.6 Å². The van der Waals surface area contributed by atoms with Crippen LogP contribution in [0.15, 0.2) is 12.1 Å². The fourth-order valence-electron chi connectivity index (χ4n) is 2.45. The lowest BCUT2D eigenvalue weighted by Gasteiger charge is -2.28. The summed E-state index contributed by atoms with van der Waals surface area (Å²) in [5.74, 6) is 0. The van der Waals surface area contributed by atoms with Crippen molar-refractivity contribution < 1.29 is 4.92 Å². The zero-order valence-electron chi connectivity index (χ0n) is 11.7. The van der Waals surface area contributed by atoms with Crippen LogP contribution in [-0.4, -0.2) is 23.6 Å². The maximum atomic E-state index is 11.0. The highest BCUT2D eigenvalue weighted by Gasteiger charge is 2.22. The van der Waals surface area contributed by atoms with E-state index in [-0.39, 0.29) is 10.6 Å². The van der Waals surface area contributed by atoms with Crippen molar-refractivity contribution in [3.8, 4) is 0 Å². The number of benzene rings is 1. The van der Waals surface area contributed by atoms with Gasteiger partial charge in [0.15, 0.2) is 0 Å². The summed E-state index contributed by atoms with van der Waals surface area (Å²) < 4.78 is 0. The highest BCUT2D eigenvalue weighted by atomic mass is 16.6. The molecule has 0 bridgehead atoms. The molecule has 0 fully saturated rings. The third kappa shape index (κ3) is 3.23. The first-order chi connectivity index (χ1) is 8.97. The van der Waals surface area contributed by atoms with Gasteiger partial charge in [-0.05, 0) is 31.4 Å². The van der Waals surface area contributed by atoms with Gasteiger partial charge in [0, 0.05) is 35.9 Å². The number of anilines is 1. The van der Waals surface area contributed by atoms with Crippen LogP contribution < -0.4 is 10.6 Å². The smallest absolute Gasteiger partial charge is 0.274 e. The SMILES string of the molecule is Cc1cc2c(cc1[N+](=O)[O-])N[C@@H](CNC(C)C)CC2. The zero-order valence-corrected chi connectivity index (χ0v) is 11.7. The van der Waals surface area contributed by atoms with Crippen LogP contribution >= 0.6 is 0 Å². The molecular formula is C14H21N3O2. The van der Waals surface area contributed by atoms with Crippen LogP contribution in [0.3, 0.4) is 0 Å². The summed E-state index contributed by atoms with van der Waals surface area (Å²) in [6, 6.07) is 4.41. The lowest BCUT2D eigenvalue weighted by Crippen LogP contribution is -2.38. The topological polar surface area (TPSA) is 67.2 Å². The van der Waals surface area contributed by atoms with Gasteiger partial charge in [-0.2, -0.15) is 0 Å². The molecule has 104 valence electrons. The Bertz CT molecular complexity index is 486. The molecule has 0 radical (unpaired) electrons. The fourth-order valence-corrected chi connectivity index (χ4v) is 2.45. The van der Waals surface area contributed by atoms with Crippen molar-refractivity contribution in [2.45, 2.75) is 45.7 Å². The molecule has 5 nitrogen and oxygen atoms in total. The first kappa shape index (κ1) is 13.8. The molecule has 1 heterocycles. The molecule has 1 aliphatic rings. The van der Waals surface area contributed by atoms with Crippen LogP contribution in [0.1, 0.15) is 31.4 Å². The van der Waals surface area contributed by atoms with Gasteiger partial charge in [0.1, 0.15) is 0 Å². The van der Waals surface area contributed by atoms with E-state index in [2.05, 4.69) is 24.5 Å². The van der Waals surface area contributed by atoms with Crippen molar-refractivity contribution >= 4 is 11.4 Å². The number of hydrogen-bond acceptors (Lipinski definition) is 4. The fraction of sp³-hybridized carbons (Fsp3) is 0.571. The summed E-state index contributed by atoms with van der Waals surface area (Å²) >= 11 is 0. The maximum Gasteiger partial charge on any atom is 0.274 e. The molecule has 1 aliphatic heterocycles. The molecule has 1 aromatic carbocycles. The molecule has 0 saturated carbocycles. The van der Waals surface area contributed by atoms with Gasteiger partial charge in [-0.15, -0.1) is 0 Å². The number of fused-ring (bicyclic) bond motifs is 1. The lowest BCUT2D eigenvalue weighted by molar-refractivity contribution is -0.385. The molecular weight excluding hydrogens is 242 g/mol. The molecule has 2 N–H and O–H groups in total. The van der Waals surface area contributed by atoms with Crippen LogP contribution in [-0.2, 0) is 6.42 Å². The summed E-state index contributed by atoms with van der Waals surface area (Å²) in [6.07, 6.45) is 2.04. The Balaban J connectivity index is 2.15. The van der Waals surface area contributed by atoms with E-state index in [0.29, 0.717) is 12.1 Å². The summed E-state index contributed by atoms with van der Waals surface area (Å²) in [4.78, 5) is 10.7. The quantitative estimate of drug-likeness (QED) is 0.647. The second-order valence-electron chi connectivity index (χ2n) is 5.50. The molecule has 19 heavy (non-hydrogen) atoms. The van der Waals surface area contributed by atoms with Crippen molar-refractivity contribution in [3.63, 3.8) is 0 Å². The van der Waals surface area contributed by atoms with Crippen LogP contribution in [0.2, 0.25) is 0 Å². The third-order valence-corrected chi connectivity index (χ3v) is 3.51. The van der Waals surface area contributed by atoms with Crippen LogP contribution in [0, 0.1) is 17.0 Å². The van der Waals surface area contributed by atoms with Crippen LogP contribution in [0.5, 0.6) is 0 Å². The van der Waals surface area contributed by atoms with Crippen LogP contribution in [0.4, 0.5) is 11.4 Å². The van der Waals surface area contributed by atoms with Crippen LogP contribution in [0.25, 0.3) is 0 Å². The Labute approximate surface area is 113 Å². The van der Waals surface area contributed by atoms with Gasteiger partial charge in [-0.25, -0.2) is 0 Å². The molecule has 0 aromatic heterocycles. The van der Waals surface area contributed by atoms with Crippen molar-refractivity contribution in [1.82, 2.24) is 5.32 Å². The molecule has 0 spiro atoms. The van der Waals surface area contributed by atoms with Gasteiger partial charge in [-0.3, -0.25) is 10.1 Å². The molecule has 1 aromatic rings. The van der Waals surface area contributed by atoms with E-state index < -0.39 is 0 Å². The molecule has 2 rings (SSSR count). The van der Waals surface area contributed by atoms with Gasteiger partial charge >= 0.3 is 0 Å². The number of nitro groups is 1. The first-order valence-electron chi connectivity index (χ1n) is 6.75. The second kappa shape index (κ2) is 5.57. The van der Waals surface area contributed by atoms with Gasteiger partial charge in [0.05, 0.1) is 4.92 Å². The lowest BCUT2D eigenvalue weighted by atomic mass is 9.95. The third-order valence-electron chi connectivity index (χ3n) is 3.51. The number of nitrogens with zero attached hydrogens (tertiary/aromatic N) is 1. The number of rotatable bonds is 4. The largest absolute Gasteiger partial charge is 0.381 e. The van der Waals surface area contributed by atoms with E-state index in [1.807, 2.05) is 6.07 Å². The molecule has 1 atom stereocenters. The average molecular weight is 263 g/mol. The Morgan fingerprint density at radius 3 is 2.89 bits per heavy atom. The normalized spacial score (nSPS) is 18.0. The van der Waals surface area contributed by atoms with E-state index >= 15 is 0 Å². The summed E-state index contributed by atoms with van der Waals surface area (Å²) in [5, 5.41) is 17.8. The highest BCUT2D eigenvalue weighted by molar-refractivity contribution is 5.62. The number of aryl methyl sites for hydroxylation is 2. The van der Waals surface area contributed by atoms with Gasteiger partial charge < -0.3 is 10.6 Å². The number of hydrogen-bond donors (Lipinski definition) is 2. The number of nitro benzene ring substituents is 1. The highest BCUT2D eigenvalue weighted by Crippen LogP contribution is 2.31.